The van der Waals surface area contributed by atoms with Crippen molar-refractivity contribution in [2.45, 2.75) is 25.2 Å². The van der Waals surface area contributed by atoms with Crippen LogP contribution in [0.2, 0.25) is 0 Å². The van der Waals surface area contributed by atoms with E-state index in [2.05, 4.69) is 10.3 Å². The molecule has 0 saturated heterocycles. The highest BCUT2D eigenvalue weighted by molar-refractivity contribution is 5.35. The van der Waals surface area contributed by atoms with Crippen LogP contribution in [0.3, 0.4) is 0 Å². The van der Waals surface area contributed by atoms with Gasteiger partial charge in [0.2, 0.25) is 0 Å². The molecule has 0 spiro atoms. The van der Waals surface area contributed by atoms with Crippen molar-refractivity contribution in [3.05, 3.63) is 23.9 Å². The van der Waals surface area contributed by atoms with Gasteiger partial charge in [0.25, 0.3) is 0 Å². The molecule has 0 saturated carbocycles. The first-order valence-electron chi connectivity index (χ1n) is 5.03. The minimum Gasteiger partial charge on any atom is -0.370 e. The monoisotopic (exact) mass is 272 g/mol. The standard InChI is InChI=1S/C10H10F6N2/c11-9(12,13)5-2-6-17-8-4-1-3-7(18-8)10(14,15)16/h1,3-4H,2,5-6H2,(H,17,18). The number of alkyl halides is 6. The summed E-state index contributed by atoms with van der Waals surface area (Å²) in [5.74, 6) is -0.0907. The molecule has 0 aliphatic heterocycles. The molecular weight excluding hydrogens is 262 g/mol. The maximum absolute atomic E-state index is 12.3. The SMILES string of the molecule is FC(F)(F)CCCNc1cccc(C(F)(F)F)n1. The Morgan fingerprint density at radius 2 is 1.72 bits per heavy atom. The van der Waals surface area contributed by atoms with Crippen LogP contribution in [0.15, 0.2) is 18.2 Å². The molecule has 0 fully saturated rings. The summed E-state index contributed by atoms with van der Waals surface area (Å²) in [5.41, 5.74) is -1.08. The first kappa shape index (κ1) is 14.6. The molecule has 0 radical (unpaired) electrons. The summed E-state index contributed by atoms with van der Waals surface area (Å²) < 4.78 is 72.2. The van der Waals surface area contributed by atoms with Gasteiger partial charge >= 0.3 is 12.4 Å². The zero-order valence-corrected chi connectivity index (χ0v) is 9.07. The summed E-state index contributed by atoms with van der Waals surface area (Å²) >= 11 is 0. The highest BCUT2D eigenvalue weighted by Crippen LogP contribution is 2.28. The van der Waals surface area contributed by atoms with Crippen molar-refractivity contribution in [1.82, 2.24) is 4.98 Å². The second kappa shape index (κ2) is 5.45. The summed E-state index contributed by atoms with van der Waals surface area (Å²) in [5, 5.41) is 2.42. The third kappa shape index (κ3) is 5.24. The molecule has 2 nitrogen and oxygen atoms in total. The van der Waals surface area contributed by atoms with Crippen LogP contribution in [0.1, 0.15) is 18.5 Å². The smallest absolute Gasteiger partial charge is 0.370 e. The van der Waals surface area contributed by atoms with Gasteiger partial charge in [0.15, 0.2) is 0 Å². The molecule has 0 atom stereocenters. The number of rotatable bonds is 4. The second-order valence-corrected chi connectivity index (χ2v) is 3.55. The van der Waals surface area contributed by atoms with Gasteiger partial charge in [0, 0.05) is 13.0 Å². The summed E-state index contributed by atoms with van der Waals surface area (Å²) in [6.45, 7) is -0.0895. The summed E-state index contributed by atoms with van der Waals surface area (Å²) in [4.78, 5) is 3.26. The normalized spacial score (nSPS) is 12.6. The third-order valence-corrected chi connectivity index (χ3v) is 1.98. The van der Waals surface area contributed by atoms with E-state index in [1.54, 1.807) is 0 Å². The fourth-order valence-electron chi connectivity index (χ4n) is 1.20. The van der Waals surface area contributed by atoms with Crippen molar-refractivity contribution in [2.24, 2.45) is 0 Å². The Labute approximate surface area is 99.0 Å². The zero-order chi connectivity index (χ0) is 13.8. The topological polar surface area (TPSA) is 24.9 Å². The van der Waals surface area contributed by atoms with Crippen LogP contribution in [0.4, 0.5) is 32.2 Å². The van der Waals surface area contributed by atoms with Crippen LogP contribution in [0.5, 0.6) is 0 Å². The first-order chi connectivity index (χ1) is 8.18. The number of nitrogens with one attached hydrogen (secondary N) is 1. The van der Waals surface area contributed by atoms with Gasteiger partial charge in [-0.05, 0) is 18.6 Å². The molecule has 1 aromatic rings. The number of pyridine rings is 1. The molecule has 1 rings (SSSR count). The number of hydrogen-bond acceptors (Lipinski definition) is 2. The van der Waals surface area contributed by atoms with Crippen molar-refractivity contribution in [2.75, 3.05) is 11.9 Å². The Hall–Kier alpha value is -1.47. The van der Waals surface area contributed by atoms with Gasteiger partial charge in [-0.2, -0.15) is 26.3 Å². The quantitative estimate of drug-likeness (QED) is 0.665. The molecule has 0 bridgehead atoms. The Balaban J connectivity index is 2.49. The summed E-state index contributed by atoms with van der Waals surface area (Å²) in [6, 6.07) is 3.20. The molecule has 0 unspecified atom stereocenters. The minimum atomic E-state index is -4.57. The molecule has 0 aliphatic carbocycles. The largest absolute Gasteiger partial charge is 0.433 e. The van der Waals surface area contributed by atoms with Gasteiger partial charge in [0.1, 0.15) is 11.5 Å². The molecule has 1 aromatic heterocycles. The first-order valence-corrected chi connectivity index (χ1v) is 5.03. The zero-order valence-electron chi connectivity index (χ0n) is 9.07. The molecule has 18 heavy (non-hydrogen) atoms. The van der Waals surface area contributed by atoms with E-state index in [1.165, 1.54) is 6.07 Å². The van der Waals surface area contributed by atoms with E-state index in [-0.39, 0.29) is 18.8 Å². The van der Waals surface area contributed by atoms with Gasteiger partial charge in [-0.15, -0.1) is 0 Å². The lowest BCUT2D eigenvalue weighted by atomic mass is 10.3. The maximum atomic E-state index is 12.3. The molecular formula is C10H10F6N2. The van der Waals surface area contributed by atoms with Gasteiger partial charge < -0.3 is 5.32 Å². The van der Waals surface area contributed by atoms with E-state index in [1.807, 2.05) is 0 Å². The van der Waals surface area contributed by atoms with E-state index < -0.39 is 24.5 Å². The number of nitrogens with zero attached hydrogens (tertiary/aromatic N) is 1. The van der Waals surface area contributed by atoms with Crippen LogP contribution in [0.25, 0.3) is 0 Å². The van der Waals surface area contributed by atoms with E-state index in [0.29, 0.717) is 0 Å². The van der Waals surface area contributed by atoms with Crippen molar-refractivity contribution >= 4 is 5.82 Å². The molecule has 8 heteroatoms. The summed E-state index contributed by atoms with van der Waals surface area (Å²) in [7, 11) is 0. The fourth-order valence-corrected chi connectivity index (χ4v) is 1.20. The van der Waals surface area contributed by atoms with E-state index in [4.69, 9.17) is 0 Å². The van der Waals surface area contributed by atoms with Crippen molar-refractivity contribution in [3.8, 4) is 0 Å². The predicted octanol–water partition coefficient (Wildman–Crippen LogP) is 3.85. The lowest BCUT2D eigenvalue weighted by Gasteiger charge is -2.10. The van der Waals surface area contributed by atoms with Crippen molar-refractivity contribution < 1.29 is 26.3 Å². The van der Waals surface area contributed by atoms with Gasteiger partial charge in [-0.3, -0.25) is 0 Å². The average molecular weight is 272 g/mol. The molecule has 0 aromatic carbocycles. The number of anilines is 1. The molecule has 0 amide bonds. The van der Waals surface area contributed by atoms with Gasteiger partial charge in [-0.25, -0.2) is 4.98 Å². The Bertz CT molecular complexity index is 385. The van der Waals surface area contributed by atoms with Crippen LogP contribution >= 0.6 is 0 Å². The predicted molar refractivity (Wildman–Crippen MR) is 53.0 cm³/mol. The Kier molecular flexibility index (Phi) is 4.42. The highest BCUT2D eigenvalue weighted by atomic mass is 19.4. The van der Waals surface area contributed by atoms with Crippen molar-refractivity contribution in [3.63, 3.8) is 0 Å². The van der Waals surface area contributed by atoms with Crippen molar-refractivity contribution in [1.29, 1.82) is 0 Å². The highest BCUT2D eigenvalue weighted by Gasteiger charge is 2.32. The van der Waals surface area contributed by atoms with Crippen LogP contribution in [0, 0.1) is 0 Å². The number of aromatic nitrogens is 1. The number of halogens is 6. The van der Waals surface area contributed by atoms with Crippen LogP contribution < -0.4 is 5.32 Å². The van der Waals surface area contributed by atoms with Gasteiger partial charge in [0.05, 0.1) is 0 Å². The van der Waals surface area contributed by atoms with E-state index in [9.17, 15) is 26.3 Å². The van der Waals surface area contributed by atoms with Crippen LogP contribution in [-0.4, -0.2) is 17.7 Å². The lowest BCUT2D eigenvalue weighted by molar-refractivity contribution is -0.141. The maximum Gasteiger partial charge on any atom is 0.433 e. The van der Waals surface area contributed by atoms with Crippen LogP contribution in [-0.2, 0) is 6.18 Å². The fraction of sp³-hybridized carbons (Fsp3) is 0.500. The number of hydrogen-bond donors (Lipinski definition) is 1. The van der Waals surface area contributed by atoms with E-state index in [0.717, 1.165) is 12.1 Å². The van der Waals surface area contributed by atoms with Gasteiger partial charge in [-0.1, -0.05) is 6.07 Å². The molecule has 0 aliphatic rings. The second-order valence-electron chi connectivity index (χ2n) is 3.55. The molecule has 1 N–H and O–H groups in total. The average Bonchev–Trinajstić information content (AvgIpc) is 2.22. The van der Waals surface area contributed by atoms with E-state index >= 15 is 0 Å². The Morgan fingerprint density at radius 3 is 2.28 bits per heavy atom. The Morgan fingerprint density at radius 1 is 1.06 bits per heavy atom. The lowest BCUT2D eigenvalue weighted by Crippen LogP contribution is -2.13. The third-order valence-electron chi connectivity index (χ3n) is 1.98. The molecule has 1 heterocycles. The molecule has 102 valence electrons. The minimum absolute atomic E-state index is 0.0895. The summed E-state index contributed by atoms with van der Waals surface area (Å²) in [6.07, 6.45) is -10.0.